The van der Waals surface area contributed by atoms with Crippen LogP contribution >= 0.6 is 34.5 Å². The van der Waals surface area contributed by atoms with Crippen LogP contribution in [0.1, 0.15) is 10.6 Å². The topological polar surface area (TPSA) is 51.7 Å². The van der Waals surface area contributed by atoms with Gasteiger partial charge in [0.05, 0.1) is 19.3 Å². The molecule has 0 spiro atoms. The van der Waals surface area contributed by atoms with Gasteiger partial charge in [-0.05, 0) is 30.7 Å². The minimum atomic E-state index is -0.517. The van der Waals surface area contributed by atoms with Crippen LogP contribution in [0.15, 0.2) is 18.2 Å². The van der Waals surface area contributed by atoms with Crippen LogP contribution in [0.2, 0.25) is 9.49 Å². The number of terminal acetylenes is 1. The largest absolute Gasteiger partial charge is 0.486 e. The SMILES string of the molecule is C#CCN(C(=O)OC)c1ccc(OCc2nc(Cl)c(Cl)s2)cc1C. The summed E-state index contributed by atoms with van der Waals surface area (Å²) in [7, 11) is 1.31. The van der Waals surface area contributed by atoms with E-state index in [9.17, 15) is 4.79 Å². The number of anilines is 1. The van der Waals surface area contributed by atoms with Crippen LogP contribution in [0, 0.1) is 19.3 Å². The Labute approximate surface area is 154 Å². The molecule has 0 bridgehead atoms. The van der Waals surface area contributed by atoms with Gasteiger partial charge in [-0.3, -0.25) is 4.90 Å². The third-order valence-corrected chi connectivity index (χ3v) is 4.77. The first kappa shape index (κ1) is 18.4. The molecule has 0 unspecified atom stereocenters. The lowest BCUT2D eigenvalue weighted by Gasteiger charge is -2.21. The molecule has 1 amide bonds. The summed E-state index contributed by atoms with van der Waals surface area (Å²) in [6, 6.07) is 5.30. The molecule has 1 aromatic carbocycles. The zero-order valence-corrected chi connectivity index (χ0v) is 15.3. The predicted molar refractivity (Wildman–Crippen MR) is 96.2 cm³/mol. The van der Waals surface area contributed by atoms with Gasteiger partial charge in [0.2, 0.25) is 0 Å². The van der Waals surface area contributed by atoms with Crippen molar-refractivity contribution < 1.29 is 14.3 Å². The molecule has 0 N–H and O–H groups in total. The van der Waals surface area contributed by atoms with E-state index in [1.807, 2.05) is 6.92 Å². The van der Waals surface area contributed by atoms with Gasteiger partial charge in [0.1, 0.15) is 21.7 Å². The minimum Gasteiger partial charge on any atom is -0.486 e. The Balaban J connectivity index is 2.13. The summed E-state index contributed by atoms with van der Waals surface area (Å²) >= 11 is 12.9. The van der Waals surface area contributed by atoms with Crippen molar-refractivity contribution in [3.63, 3.8) is 0 Å². The highest BCUT2D eigenvalue weighted by atomic mass is 35.5. The number of rotatable bonds is 5. The first-order chi connectivity index (χ1) is 11.5. The number of halogens is 2. The normalized spacial score (nSPS) is 10.1. The van der Waals surface area contributed by atoms with Crippen LogP contribution in [-0.2, 0) is 11.3 Å². The molecule has 8 heteroatoms. The Morgan fingerprint density at radius 2 is 2.21 bits per heavy atom. The summed E-state index contributed by atoms with van der Waals surface area (Å²) in [5.74, 6) is 3.07. The molecule has 2 rings (SSSR count). The van der Waals surface area contributed by atoms with E-state index >= 15 is 0 Å². The van der Waals surface area contributed by atoms with Gasteiger partial charge in [-0.2, -0.15) is 0 Å². The molecular weight excluding hydrogens is 371 g/mol. The van der Waals surface area contributed by atoms with Crippen molar-refractivity contribution in [1.29, 1.82) is 0 Å². The molecule has 1 heterocycles. The van der Waals surface area contributed by atoms with Gasteiger partial charge in [0.25, 0.3) is 0 Å². The molecule has 0 saturated heterocycles. The molecule has 0 atom stereocenters. The van der Waals surface area contributed by atoms with Crippen LogP contribution in [0.4, 0.5) is 10.5 Å². The third kappa shape index (κ3) is 4.32. The maximum Gasteiger partial charge on any atom is 0.414 e. The van der Waals surface area contributed by atoms with Crippen molar-refractivity contribution in [3.05, 3.63) is 38.3 Å². The van der Waals surface area contributed by atoms with Crippen molar-refractivity contribution in [1.82, 2.24) is 4.98 Å². The highest BCUT2D eigenvalue weighted by Crippen LogP contribution is 2.30. The Kier molecular flexibility index (Phi) is 6.32. The molecule has 0 aliphatic carbocycles. The number of carbonyl (C=O) groups is 1. The molecular formula is C16H14Cl2N2O3S. The molecule has 24 heavy (non-hydrogen) atoms. The van der Waals surface area contributed by atoms with Crippen LogP contribution < -0.4 is 9.64 Å². The van der Waals surface area contributed by atoms with Crippen LogP contribution in [0.5, 0.6) is 5.75 Å². The Bertz CT molecular complexity index is 767. The van der Waals surface area contributed by atoms with Crippen molar-refractivity contribution >= 4 is 46.3 Å². The number of benzene rings is 1. The first-order valence-electron chi connectivity index (χ1n) is 6.79. The fourth-order valence-corrected chi connectivity index (χ4v) is 3.17. The summed E-state index contributed by atoms with van der Waals surface area (Å²) in [6.45, 7) is 2.22. The van der Waals surface area contributed by atoms with Gasteiger partial charge in [-0.25, -0.2) is 9.78 Å². The van der Waals surface area contributed by atoms with Crippen LogP contribution in [0.25, 0.3) is 0 Å². The number of methoxy groups -OCH3 is 1. The van der Waals surface area contributed by atoms with E-state index in [-0.39, 0.29) is 18.3 Å². The smallest absolute Gasteiger partial charge is 0.414 e. The highest BCUT2D eigenvalue weighted by molar-refractivity contribution is 7.16. The fraction of sp³-hybridized carbons (Fsp3) is 0.250. The maximum absolute atomic E-state index is 11.8. The average Bonchev–Trinajstić information content (AvgIpc) is 2.89. The van der Waals surface area contributed by atoms with E-state index in [4.69, 9.17) is 39.1 Å². The number of ether oxygens (including phenoxy) is 2. The molecule has 1 aromatic heterocycles. The zero-order valence-electron chi connectivity index (χ0n) is 13.0. The van der Waals surface area contributed by atoms with E-state index in [0.29, 0.717) is 20.8 Å². The fourth-order valence-electron chi connectivity index (χ4n) is 2.00. The average molecular weight is 385 g/mol. The highest BCUT2D eigenvalue weighted by Gasteiger charge is 2.17. The van der Waals surface area contributed by atoms with E-state index in [1.165, 1.54) is 23.3 Å². The van der Waals surface area contributed by atoms with Gasteiger partial charge in [0, 0.05) is 0 Å². The summed E-state index contributed by atoms with van der Waals surface area (Å²) < 4.78 is 10.9. The number of nitrogens with zero attached hydrogens (tertiary/aromatic N) is 2. The standard InChI is InChI=1S/C16H14Cl2N2O3S/c1-4-7-20(16(21)22-3)12-6-5-11(8-10(12)2)23-9-13-19-14(17)15(18)24-13/h1,5-6,8H,7,9H2,2-3H3. The van der Waals surface area contributed by atoms with Crippen LogP contribution in [0.3, 0.4) is 0 Å². The predicted octanol–water partition coefficient (Wildman–Crippen LogP) is 4.54. The molecule has 2 aromatic rings. The van der Waals surface area contributed by atoms with Crippen LogP contribution in [-0.4, -0.2) is 24.7 Å². The monoisotopic (exact) mass is 384 g/mol. The summed E-state index contributed by atoms with van der Waals surface area (Å²) in [5, 5.41) is 0.949. The van der Waals surface area contributed by atoms with E-state index in [2.05, 4.69) is 10.9 Å². The maximum atomic E-state index is 11.8. The lowest BCUT2D eigenvalue weighted by atomic mass is 10.1. The van der Waals surface area contributed by atoms with Crippen molar-refractivity contribution in [3.8, 4) is 18.1 Å². The van der Waals surface area contributed by atoms with Gasteiger partial charge < -0.3 is 9.47 Å². The second-order valence-corrected chi connectivity index (χ2v) is 6.71. The number of hydrogen-bond donors (Lipinski definition) is 0. The molecule has 0 aliphatic rings. The van der Waals surface area contributed by atoms with Gasteiger partial charge in [-0.1, -0.05) is 29.1 Å². The number of amides is 1. The summed E-state index contributed by atoms with van der Waals surface area (Å²) in [4.78, 5) is 17.3. The molecule has 0 radical (unpaired) electrons. The first-order valence-corrected chi connectivity index (χ1v) is 8.36. The Hall–Kier alpha value is -1.94. The van der Waals surface area contributed by atoms with E-state index in [1.54, 1.807) is 18.2 Å². The number of thiazole rings is 1. The zero-order chi connectivity index (χ0) is 17.7. The lowest BCUT2D eigenvalue weighted by Crippen LogP contribution is -2.31. The summed E-state index contributed by atoms with van der Waals surface area (Å²) in [6.07, 6.45) is 4.80. The summed E-state index contributed by atoms with van der Waals surface area (Å²) in [5.41, 5.74) is 1.48. The quantitative estimate of drug-likeness (QED) is 0.709. The number of hydrogen-bond acceptors (Lipinski definition) is 5. The number of aromatic nitrogens is 1. The Morgan fingerprint density at radius 3 is 2.75 bits per heavy atom. The number of aryl methyl sites for hydroxylation is 1. The van der Waals surface area contributed by atoms with Crippen molar-refractivity contribution in [2.24, 2.45) is 0 Å². The van der Waals surface area contributed by atoms with Gasteiger partial charge in [-0.15, -0.1) is 17.8 Å². The second kappa shape index (κ2) is 8.25. The molecule has 0 saturated carbocycles. The minimum absolute atomic E-state index is 0.115. The Morgan fingerprint density at radius 1 is 1.46 bits per heavy atom. The molecule has 0 aliphatic heterocycles. The van der Waals surface area contributed by atoms with E-state index < -0.39 is 6.09 Å². The van der Waals surface area contributed by atoms with E-state index in [0.717, 1.165) is 5.56 Å². The van der Waals surface area contributed by atoms with Crippen molar-refractivity contribution in [2.75, 3.05) is 18.6 Å². The lowest BCUT2D eigenvalue weighted by molar-refractivity contribution is 0.179. The molecule has 0 fully saturated rings. The van der Waals surface area contributed by atoms with Gasteiger partial charge in [0.15, 0.2) is 5.15 Å². The van der Waals surface area contributed by atoms with Gasteiger partial charge >= 0.3 is 6.09 Å². The molecule has 5 nitrogen and oxygen atoms in total. The molecule has 126 valence electrons. The number of carbonyl (C=O) groups excluding carboxylic acids is 1. The third-order valence-electron chi connectivity index (χ3n) is 3.06. The van der Waals surface area contributed by atoms with Crippen molar-refractivity contribution in [2.45, 2.75) is 13.5 Å². The second-order valence-electron chi connectivity index (χ2n) is 4.67.